The number of rotatable bonds is 6. The van der Waals surface area contributed by atoms with Gasteiger partial charge in [0.1, 0.15) is 11.5 Å². The second kappa shape index (κ2) is 11.3. The van der Waals surface area contributed by atoms with E-state index in [1.165, 1.54) is 10.6 Å². The highest BCUT2D eigenvalue weighted by molar-refractivity contribution is 6.33. The summed E-state index contributed by atoms with van der Waals surface area (Å²) in [5, 5.41) is 11.5. The minimum absolute atomic E-state index is 0.0179. The quantitative estimate of drug-likeness (QED) is 0.280. The Labute approximate surface area is 245 Å². The number of anilines is 1. The van der Waals surface area contributed by atoms with Crippen LogP contribution in [0.25, 0.3) is 33.5 Å². The number of pyridine rings is 1. The number of aromatic nitrogens is 5. The Morgan fingerprint density at radius 2 is 2.05 bits per heavy atom. The molecule has 42 heavy (non-hydrogen) atoms. The molecule has 1 aliphatic heterocycles. The van der Waals surface area contributed by atoms with Gasteiger partial charge in [-0.15, -0.1) is 0 Å². The van der Waals surface area contributed by atoms with Gasteiger partial charge >= 0.3 is 0 Å². The van der Waals surface area contributed by atoms with Crippen molar-refractivity contribution in [3.05, 3.63) is 86.9 Å². The van der Waals surface area contributed by atoms with E-state index in [2.05, 4.69) is 30.8 Å². The van der Waals surface area contributed by atoms with Gasteiger partial charge in [-0.1, -0.05) is 41.0 Å². The summed E-state index contributed by atoms with van der Waals surface area (Å²) in [5.74, 6) is 1.72. The van der Waals surface area contributed by atoms with Gasteiger partial charge in [0.15, 0.2) is 0 Å². The Balaban J connectivity index is 1.47. The van der Waals surface area contributed by atoms with Crippen LogP contribution in [0.3, 0.4) is 0 Å². The van der Waals surface area contributed by atoms with Crippen LogP contribution in [0, 0.1) is 19.7 Å². The van der Waals surface area contributed by atoms with Crippen LogP contribution >= 0.6 is 11.6 Å². The lowest BCUT2D eigenvalue weighted by Gasteiger charge is -2.25. The van der Waals surface area contributed by atoms with Crippen molar-refractivity contribution in [1.29, 1.82) is 0 Å². The zero-order valence-electron chi connectivity index (χ0n) is 23.3. The molecule has 0 radical (unpaired) electrons. The molecule has 3 aromatic heterocycles. The Bertz CT molecular complexity index is 1880. The minimum Gasteiger partial charge on any atom is -0.374 e. The van der Waals surface area contributed by atoms with Crippen molar-refractivity contribution in [2.45, 2.75) is 39.3 Å². The number of benzene rings is 2. The molecule has 12 heteroatoms. The van der Waals surface area contributed by atoms with Crippen molar-refractivity contribution in [3.63, 3.8) is 0 Å². The summed E-state index contributed by atoms with van der Waals surface area (Å²) in [6, 6.07) is 11.9. The summed E-state index contributed by atoms with van der Waals surface area (Å²) in [7, 11) is 1.75. The molecule has 10 nitrogen and oxygen atoms in total. The van der Waals surface area contributed by atoms with Crippen LogP contribution in [0.4, 0.5) is 10.3 Å². The third kappa shape index (κ3) is 5.35. The molecule has 2 aromatic carbocycles. The molecule has 1 aliphatic rings. The van der Waals surface area contributed by atoms with E-state index in [1.807, 2.05) is 13.0 Å². The predicted octanol–water partition coefficient (Wildman–Crippen LogP) is 5.16. The number of hydrogen-bond donors (Lipinski definition) is 2. The third-order valence-electron chi connectivity index (χ3n) is 7.41. The topological polar surface area (TPSA) is 123 Å². The monoisotopic (exact) mass is 586 g/mol. The fourth-order valence-corrected chi connectivity index (χ4v) is 5.44. The summed E-state index contributed by atoms with van der Waals surface area (Å²) < 4.78 is 21.6. The number of piperidine rings is 1. The number of nitrogens with one attached hydrogen (secondary N) is 2. The number of hydrogen-bond acceptors (Lipinski definition) is 8. The normalized spacial score (nSPS) is 16.1. The van der Waals surface area contributed by atoms with E-state index in [-0.39, 0.29) is 18.1 Å². The molecule has 1 saturated heterocycles. The number of aryl methyl sites for hydroxylation is 2. The zero-order valence-corrected chi connectivity index (χ0v) is 24.0. The summed E-state index contributed by atoms with van der Waals surface area (Å²) in [6.45, 7) is 4.28. The SMILES string of the molecule is CN=C1CC(Nc2ncc3cc(-c4ccc(-c5noc(C)n5)cc4Cl)c(=O)n(Cc4c(C)cccc4F)c3n2)CCN1. The first-order chi connectivity index (χ1) is 20.3. The van der Waals surface area contributed by atoms with Crippen molar-refractivity contribution in [2.24, 2.45) is 4.99 Å². The molecule has 0 amide bonds. The van der Waals surface area contributed by atoms with Gasteiger partial charge in [0, 0.05) is 71.8 Å². The van der Waals surface area contributed by atoms with Gasteiger partial charge in [-0.05, 0) is 37.1 Å². The third-order valence-corrected chi connectivity index (χ3v) is 7.72. The maximum atomic E-state index is 15.0. The summed E-state index contributed by atoms with van der Waals surface area (Å²) in [4.78, 5) is 32.0. The number of nitrogens with zero attached hydrogens (tertiary/aromatic N) is 6. The Morgan fingerprint density at radius 3 is 2.79 bits per heavy atom. The molecular weight excluding hydrogens is 559 g/mol. The van der Waals surface area contributed by atoms with Crippen LogP contribution < -0.4 is 16.2 Å². The molecule has 0 saturated carbocycles. The van der Waals surface area contributed by atoms with E-state index in [1.54, 1.807) is 50.5 Å². The fraction of sp³-hybridized carbons (Fsp3) is 0.267. The molecule has 1 atom stereocenters. The lowest BCUT2D eigenvalue weighted by molar-refractivity contribution is 0.394. The van der Waals surface area contributed by atoms with E-state index in [9.17, 15) is 4.79 Å². The van der Waals surface area contributed by atoms with Crippen LogP contribution in [0.15, 0.2) is 63.0 Å². The fourth-order valence-electron chi connectivity index (χ4n) is 5.16. The summed E-state index contributed by atoms with van der Waals surface area (Å²) in [6.07, 6.45) is 3.23. The van der Waals surface area contributed by atoms with Crippen molar-refractivity contribution in [2.75, 3.05) is 18.9 Å². The summed E-state index contributed by atoms with van der Waals surface area (Å²) >= 11 is 6.71. The minimum atomic E-state index is -0.397. The van der Waals surface area contributed by atoms with E-state index < -0.39 is 5.82 Å². The average molecular weight is 587 g/mol. The van der Waals surface area contributed by atoms with Crippen LogP contribution in [0.1, 0.15) is 29.9 Å². The van der Waals surface area contributed by atoms with Gasteiger partial charge in [0.05, 0.1) is 12.4 Å². The first-order valence-electron chi connectivity index (χ1n) is 13.5. The number of aliphatic imine (C=N–C) groups is 1. The molecule has 0 aliphatic carbocycles. The van der Waals surface area contributed by atoms with Gasteiger partial charge in [0.2, 0.25) is 17.7 Å². The highest BCUT2D eigenvalue weighted by Crippen LogP contribution is 2.31. The molecule has 4 heterocycles. The number of halogens is 2. The smallest absolute Gasteiger partial charge is 0.260 e. The Hall–Kier alpha value is -4.64. The number of fused-ring (bicyclic) bond motifs is 1. The second-order valence-electron chi connectivity index (χ2n) is 10.2. The van der Waals surface area contributed by atoms with Crippen LogP contribution in [0.2, 0.25) is 5.02 Å². The van der Waals surface area contributed by atoms with E-state index in [0.29, 0.717) is 62.4 Å². The lowest BCUT2D eigenvalue weighted by Crippen LogP contribution is -2.40. The second-order valence-corrected chi connectivity index (χ2v) is 10.6. The molecule has 1 unspecified atom stereocenters. The van der Waals surface area contributed by atoms with Crippen LogP contribution in [0.5, 0.6) is 0 Å². The molecule has 1 fully saturated rings. The van der Waals surface area contributed by atoms with E-state index in [4.69, 9.17) is 21.1 Å². The van der Waals surface area contributed by atoms with E-state index in [0.717, 1.165) is 24.4 Å². The maximum Gasteiger partial charge on any atom is 0.260 e. The molecule has 6 rings (SSSR count). The largest absolute Gasteiger partial charge is 0.374 e. The zero-order chi connectivity index (χ0) is 29.4. The first kappa shape index (κ1) is 27.5. The van der Waals surface area contributed by atoms with Gasteiger partial charge in [-0.2, -0.15) is 9.97 Å². The van der Waals surface area contributed by atoms with Crippen molar-refractivity contribution >= 4 is 34.4 Å². The molecule has 2 N–H and O–H groups in total. The number of amidine groups is 1. The highest BCUT2D eigenvalue weighted by atomic mass is 35.5. The van der Waals surface area contributed by atoms with Crippen LogP contribution in [-0.2, 0) is 6.54 Å². The molecular formula is C30H28ClFN8O2. The van der Waals surface area contributed by atoms with Gasteiger partial charge in [0.25, 0.3) is 5.56 Å². The van der Waals surface area contributed by atoms with Crippen molar-refractivity contribution in [1.82, 2.24) is 30.0 Å². The van der Waals surface area contributed by atoms with E-state index >= 15 is 4.39 Å². The summed E-state index contributed by atoms with van der Waals surface area (Å²) in [5.41, 5.74) is 2.66. The Morgan fingerprint density at radius 1 is 1.19 bits per heavy atom. The van der Waals surface area contributed by atoms with Gasteiger partial charge < -0.3 is 15.2 Å². The molecule has 0 spiro atoms. The lowest BCUT2D eigenvalue weighted by atomic mass is 10.0. The maximum absolute atomic E-state index is 15.0. The molecule has 0 bridgehead atoms. The highest BCUT2D eigenvalue weighted by Gasteiger charge is 2.21. The predicted molar refractivity (Wildman–Crippen MR) is 161 cm³/mol. The van der Waals surface area contributed by atoms with Gasteiger partial charge in [-0.25, -0.2) is 9.37 Å². The van der Waals surface area contributed by atoms with Crippen molar-refractivity contribution < 1.29 is 8.91 Å². The average Bonchev–Trinajstić information content (AvgIpc) is 3.42. The van der Waals surface area contributed by atoms with Crippen molar-refractivity contribution in [3.8, 4) is 22.5 Å². The standard InChI is InChI=1S/C30H28ClFN8O2/c1-16-5-4-6-25(32)23(16)15-40-28-19(14-35-30(38-28)37-20-9-10-34-26(13-20)33-3)11-22(29(40)41)21-8-7-18(12-24(21)31)27-36-17(2)42-39-27/h4-8,11-12,14,20H,9-10,13,15H2,1-3H3,(H,33,34)(H,35,37,38). The first-order valence-corrected chi connectivity index (χ1v) is 13.9. The molecule has 5 aromatic rings. The van der Waals surface area contributed by atoms with Gasteiger partial charge in [-0.3, -0.25) is 14.4 Å². The Kier molecular flexibility index (Phi) is 7.42. The molecule has 214 valence electrons. The van der Waals surface area contributed by atoms with Crippen LogP contribution in [-0.4, -0.2) is 50.1 Å².